The number of rotatable bonds is 11. The summed E-state index contributed by atoms with van der Waals surface area (Å²) in [7, 11) is -1.86. The number of allylic oxidation sites excluding steroid dienone is 1. The number of fused-ring (bicyclic) bond motifs is 4. The Hall–Kier alpha value is -1.57. The van der Waals surface area contributed by atoms with Crippen LogP contribution in [0.15, 0.2) is 23.3 Å². The summed E-state index contributed by atoms with van der Waals surface area (Å²) in [6.45, 7) is 16.1. The highest BCUT2D eigenvalue weighted by Crippen LogP contribution is 2.72. The maximum Gasteiger partial charge on any atom is 0.336 e. The van der Waals surface area contributed by atoms with Crippen LogP contribution in [0.1, 0.15) is 106 Å². The molecule has 44 heavy (non-hydrogen) atoms. The van der Waals surface area contributed by atoms with Crippen LogP contribution in [-0.2, 0) is 28.3 Å². The van der Waals surface area contributed by atoms with E-state index in [9.17, 15) is 14.4 Å². The zero-order valence-electron chi connectivity index (χ0n) is 28.3. The number of cyclic esters (lactones) is 1. The molecule has 0 radical (unpaired) electrons. The summed E-state index contributed by atoms with van der Waals surface area (Å²) in [5, 5.41) is 0. The van der Waals surface area contributed by atoms with Crippen molar-refractivity contribution in [1.82, 2.24) is 0 Å². The SMILES string of the molecule is CCC[Si](CCC)(CCC)OCC1=C(C)C[C@H]([C@@H](C)[C@H]2CC[C@H]3[C@@H]4C[C@H]5O[C@]56C(=O)C=CC(=O)[C@]6(C)[C@H]4CC[C@]23C)OC1=O. The van der Waals surface area contributed by atoms with Gasteiger partial charge in [-0.05, 0) is 111 Å². The van der Waals surface area contributed by atoms with Gasteiger partial charge in [-0.2, -0.15) is 0 Å². The van der Waals surface area contributed by atoms with Crippen molar-refractivity contribution in [2.75, 3.05) is 6.61 Å². The van der Waals surface area contributed by atoms with Gasteiger partial charge in [0.2, 0.25) is 0 Å². The van der Waals surface area contributed by atoms with Gasteiger partial charge in [0.1, 0.15) is 6.10 Å². The van der Waals surface area contributed by atoms with Crippen LogP contribution < -0.4 is 0 Å². The molecule has 7 heteroatoms. The van der Waals surface area contributed by atoms with Gasteiger partial charge in [-0.15, -0.1) is 0 Å². The summed E-state index contributed by atoms with van der Waals surface area (Å²) >= 11 is 0. The van der Waals surface area contributed by atoms with Crippen molar-refractivity contribution in [3.8, 4) is 0 Å². The molecule has 0 unspecified atom stereocenters. The van der Waals surface area contributed by atoms with E-state index < -0.39 is 19.3 Å². The Morgan fingerprint density at radius 2 is 1.61 bits per heavy atom. The minimum absolute atomic E-state index is 0.00395. The highest BCUT2D eigenvalue weighted by atomic mass is 28.4. The highest BCUT2D eigenvalue weighted by Gasteiger charge is 2.80. The van der Waals surface area contributed by atoms with Crippen LogP contribution in [0.5, 0.6) is 0 Å². The third kappa shape index (κ3) is 4.64. The average Bonchev–Trinajstić information content (AvgIpc) is 3.61. The molecule has 0 aromatic heterocycles. The van der Waals surface area contributed by atoms with Crippen LogP contribution in [0.2, 0.25) is 18.1 Å². The van der Waals surface area contributed by atoms with Gasteiger partial charge >= 0.3 is 5.97 Å². The molecule has 4 aliphatic carbocycles. The number of epoxide rings is 1. The Labute approximate surface area is 266 Å². The maximum absolute atomic E-state index is 13.5. The van der Waals surface area contributed by atoms with Crippen molar-refractivity contribution in [1.29, 1.82) is 0 Å². The summed E-state index contributed by atoms with van der Waals surface area (Å²) in [5.41, 5.74) is 0.371. The Bertz CT molecular complexity index is 1240. The molecule has 10 atom stereocenters. The summed E-state index contributed by atoms with van der Waals surface area (Å²) in [6.07, 6.45) is 12.1. The third-order valence-corrected chi connectivity index (χ3v) is 18.9. The van der Waals surface area contributed by atoms with Crippen molar-refractivity contribution in [2.45, 2.75) is 142 Å². The van der Waals surface area contributed by atoms with Gasteiger partial charge in [-0.3, -0.25) is 9.59 Å². The quantitative estimate of drug-likeness (QED) is 0.133. The number of ether oxygens (including phenoxy) is 2. The minimum atomic E-state index is -1.86. The lowest BCUT2D eigenvalue weighted by molar-refractivity contribution is -0.155. The fourth-order valence-electron chi connectivity index (χ4n) is 11.7. The van der Waals surface area contributed by atoms with E-state index in [0.29, 0.717) is 24.4 Å². The molecule has 0 amide bonds. The fourth-order valence-corrected chi connectivity index (χ4v) is 16.0. The lowest BCUT2D eigenvalue weighted by Gasteiger charge is -2.57. The van der Waals surface area contributed by atoms with Gasteiger partial charge < -0.3 is 13.9 Å². The molecule has 1 saturated heterocycles. The molecule has 1 spiro atoms. The summed E-state index contributed by atoms with van der Waals surface area (Å²) < 4.78 is 19.3. The molecule has 0 aromatic rings. The van der Waals surface area contributed by atoms with E-state index >= 15 is 0 Å². The van der Waals surface area contributed by atoms with Crippen molar-refractivity contribution >= 4 is 25.9 Å². The lowest BCUT2D eigenvalue weighted by Crippen LogP contribution is -2.62. The molecule has 244 valence electrons. The molecule has 4 fully saturated rings. The van der Waals surface area contributed by atoms with E-state index in [0.717, 1.165) is 87.1 Å². The third-order valence-electron chi connectivity index (χ3n) is 13.9. The first-order valence-corrected chi connectivity index (χ1v) is 20.4. The van der Waals surface area contributed by atoms with Gasteiger partial charge in [0.25, 0.3) is 0 Å². The first-order chi connectivity index (χ1) is 20.9. The van der Waals surface area contributed by atoms with E-state index in [-0.39, 0.29) is 47.0 Å². The number of ketones is 2. The van der Waals surface area contributed by atoms with Crippen LogP contribution in [0.4, 0.5) is 0 Å². The van der Waals surface area contributed by atoms with Crippen LogP contribution in [-0.4, -0.2) is 50.3 Å². The Morgan fingerprint density at radius 1 is 0.955 bits per heavy atom. The molecule has 2 heterocycles. The molecule has 0 bridgehead atoms. The highest BCUT2D eigenvalue weighted by molar-refractivity contribution is 6.73. The molecule has 6 aliphatic rings. The van der Waals surface area contributed by atoms with Gasteiger partial charge in [-0.1, -0.05) is 59.5 Å². The number of hydrogen-bond donors (Lipinski definition) is 0. The minimum Gasteiger partial charge on any atom is -0.458 e. The number of carbonyl (C=O) groups is 3. The number of hydrogen-bond acceptors (Lipinski definition) is 6. The van der Waals surface area contributed by atoms with E-state index in [2.05, 4.69) is 41.5 Å². The van der Waals surface area contributed by atoms with Crippen molar-refractivity contribution in [2.24, 2.45) is 40.4 Å². The van der Waals surface area contributed by atoms with Crippen LogP contribution in [0.3, 0.4) is 0 Å². The Balaban J connectivity index is 1.16. The number of carbonyl (C=O) groups excluding carboxylic acids is 3. The van der Waals surface area contributed by atoms with Crippen LogP contribution >= 0.6 is 0 Å². The van der Waals surface area contributed by atoms with Gasteiger partial charge in [0.15, 0.2) is 25.5 Å². The lowest BCUT2D eigenvalue weighted by atomic mass is 9.44. The Kier molecular flexibility index (Phi) is 8.53. The topological polar surface area (TPSA) is 82.2 Å². The van der Waals surface area contributed by atoms with E-state index in [1.54, 1.807) is 0 Å². The monoisotopic (exact) mass is 624 g/mol. The zero-order valence-corrected chi connectivity index (χ0v) is 29.3. The molecule has 6 nitrogen and oxygen atoms in total. The second-order valence-electron chi connectivity index (χ2n) is 15.9. The van der Waals surface area contributed by atoms with Crippen molar-refractivity contribution in [3.05, 3.63) is 23.3 Å². The second-order valence-corrected chi connectivity index (χ2v) is 20.1. The first kappa shape index (κ1) is 32.4. The van der Waals surface area contributed by atoms with Gasteiger partial charge in [-0.25, -0.2) is 4.79 Å². The predicted molar refractivity (Wildman–Crippen MR) is 173 cm³/mol. The molecule has 2 aliphatic heterocycles. The largest absolute Gasteiger partial charge is 0.458 e. The summed E-state index contributed by atoms with van der Waals surface area (Å²) in [5.74, 6) is 1.68. The van der Waals surface area contributed by atoms with E-state index in [1.807, 2.05) is 6.92 Å². The van der Waals surface area contributed by atoms with Crippen LogP contribution in [0.25, 0.3) is 0 Å². The Morgan fingerprint density at radius 3 is 2.25 bits per heavy atom. The average molecular weight is 625 g/mol. The standard InChI is InChI=1S/C37H56O6Si/c1-8-17-44(18-9-2,19-10-3)41-22-26-23(4)20-30(42-34(26)40)24(5)27-11-12-28-25-21-33-37(43-33)32(39)14-13-31(38)36(37,7)29(25)15-16-35(27,28)6/h13-14,24-25,27-30,33H,8-12,15-22H2,1-7H3/t24-,25-,27+,28-,29-,30+,33+,35+,36-,37+/m0/s1. The molecule has 0 aromatic carbocycles. The normalized spacial score (nSPS) is 41.9. The van der Waals surface area contributed by atoms with E-state index in [1.165, 1.54) is 12.2 Å². The predicted octanol–water partition coefficient (Wildman–Crippen LogP) is 7.76. The first-order valence-electron chi connectivity index (χ1n) is 17.9. The number of esters is 1. The van der Waals surface area contributed by atoms with Gasteiger partial charge in [0, 0.05) is 6.42 Å². The zero-order chi connectivity index (χ0) is 31.7. The van der Waals surface area contributed by atoms with E-state index in [4.69, 9.17) is 13.9 Å². The molecule has 6 rings (SSSR count). The summed E-state index contributed by atoms with van der Waals surface area (Å²) in [4.78, 5) is 40.0. The summed E-state index contributed by atoms with van der Waals surface area (Å²) in [6, 6.07) is 3.48. The second kappa shape index (κ2) is 11.6. The van der Waals surface area contributed by atoms with Crippen LogP contribution in [0, 0.1) is 40.4 Å². The molecular weight excluding hydrogens is 568 g/mol. The maximum atomic E-state index is 13.5. The van der Waals surface area contributed by atoms with Crippen molar-refractivity contribution in [3.63, 3.8) is 0 Å². The van der Waals surface area contributed by atoms with Crippen molar-refractivity contribution < 1.29 is 28.3 Å². The molecule has 0 N–H and O–H groups in total. The smallest absolute Gasteiger partial charge is 0.336 e. The molecular formula is C37H56O6Si. The molecule has 3 saturated carbocycles. The fraction of sp³-hybridized carbons (Fsp3) is 0.811. The van der Waals surface area contributed by atoms with Gasteiger partial charge in [0.05, 0.1) is 23.7 Å².